The second-order valence-electron chi connectivity index (χ2n) is 4.90. The van der Waals surface area contributed by atoms with Crippen molar-refractivity contribution in [2.24, 2.45) is 0 Å². The normalized spacial score (nSPS) is 15.7. The van der Waals surface area contributed by atoms with Gasteiger partial charge in [-0.3, -0.25) is 9.88 Å². The van der Waals surface area contributed by atoms with Crippen molar-refractivity contribution >= 4 is 5.69 Å². The number of ether oxygens (including phenoxy) is 1. The first-order chi connectivity index (χ1) is 9.79. The molecule has 0 aromatic carbocycles. The summed E-state index contributed by atoms with van der Waals surface area (Å²) in [5.41, 5.74) is 2.49. The molecule has 1 aromatic rings. The molecule has 4 heteroatoms. The maximum Gasteiger partial charge on any atom is 0.0556 e. The SMILES string of the molecule is CC.COCCCN1CCN(c2cncc(C)c2)CC1. The Morgan fingerprint density at radius 2 is 1.85 bits per heavy atom. The predicted molar refractivity (Wildman–Crippen MR) is 85.5 cm³/mol. The second-order valence-corrected chi connectivity index (χ2v) is 4.90. The van der Waals surface area contributed by atoms with Gasteiger partial charge in [0.15, 0.2) is 0 Å². The van der Waals surface area contributed by atoms with Crippen molar-refractivity contribution < 1.29 is 4.74 Å². The molecule has 0 aliphatic carbocycles. The second kappa shape index (κ2) is 9.72. The van der Waals surface area contributed by atoms with Gasteiger partial charge in [-0.2, -0.15) is 0 Å². The molecule has 1 fully saturated rings. The van der Waals surface area contributed by atoms with Crippen LogP contribution in [0.2, 0.25) is 0 Å². The molecule has 0 bridgehead atoms. The molecular weight excluding hydrogens is 250 g/mol. The number of piperazine rings is 1. The van der Waals surface area contributed by atoms with Crippen molar-refractivity contribution in [2.75, 3.05) is 51.3 Å². The Labute approximate surface area is 123 Å². The molecule has 0 atom stereocenters. The van der Waals surface area contributed by atoms with Gasteiger partial charge in [0.1, 0.15) is 0 Å². The van der Waals surface area contributed by atoms with E-state index in [9.17, 15) is 0 Å². The number of nitrogens with zero attached hydrogens (tertiary/aromatic N) is 3. The Morgan fingerprint density at radius 3 is 2.45 bits per heavy atom. The smallest absolute Gasteiger partial charge is 0.0556 e. The summed E-state index contributed by atoms with van der Waals surface area (Å²) in [4.78, 5) is 9.20. The maximum absolute atomic E-state index is 5.09. The van der Waals surface area contributed by atoms with E-state index in [1.54, 1.807) is 7.11 Å². The number of methoxy groups -OCH3 is 1. The largest absolute Gasteiger partial charge is 0.385 e. The highest BCUT2D eigenvalue weighted by molar-refractivity contribution is 5.46. The van der Waals surface area contributed by atoms with Gasteiger partial charge in [-0.1, -0.05) is 13.8 Å². The van der Waals surface area contributed by atoms with Crippen LogP contribution in [0, 0.1) is 6.92 Å². The van der Waals surface area contributed by atoms with Gasteiger partial charge in [-0.25, -0.2) is 0 Å². The summed E-state index contributed by atoms with van der Waals surface area (Å²) in [6.45, 7) is 12.6. The van der Waals surface area contributed by atoms with Crippen molar-refractivity contribution in [1.29, 1.82) is 0 Å². The lowest BCUT2D eigenvalue weighted by molar-refractivity contribution is 0.169. The molecule has 0 radical (unpaired) electrons. The first-order valence-corrected chi connectivity index (χ1v) is 7.67. The van der Waals surface area contributed by atoms with Gasteiger partial charge in [-0.15, -0.1) is 0 Å². The third kappa shape index (κ3) is 5.47. The fraction of sp³-hybridized carbons (Fsp3) is 0.688. The van der Waals surface area contributed by atoms with Crippen LogP contribution in [-0.2, 0) is 4.74 Å². The monoisotopic (exact) mass is 279 g/mol. The van der Waals surface area contributed by atoms with E-state index < -0.39 is 0 Å². The Kier molecular flexibility index (Phi) is 8.23. The lowest BCUT2D eigenvalue weighted by Crippen LogP contribution is -2.46. The zero-order valence-corrected chi connectivity index (χ0v) is 13.4. The molecule has 2 heterocycles. The molecule has 1 aromatic heterocycles. The van der Waals surface area contributed by atoms with Crippen LogP contribution in [0.3, 0.4) is 0 Å². The molecule has 0 unspecified atom stereocenters. The summed E-state index contributed by atoms with van der Waals surface area (Å²) >= 11 is 0. The standard InChI is InChI=1S/C14H23N3O.C2H6/c1-13-10-14(12-15-11-13)17-7-5-16(6-8-17)4-3-9-18-2;1-2/h10-12H,3-9H2,1-2H3;1-2H3. The van der Waals surface area contributed by atoms with Gasteiger partial charge in [0.2, 0.25) is 0 Å². The molecule has 1 aliphatic rings. The molecule has 20 heavy (non-hydrogen) atoms. The third-order valence-electron chi connectivity index (χ3n) is 3.42. The molecule has 0 saturated carbocycles. The highest BCUT2D eigenvalue weighted by Crippen LogP contribution is 2.16. The molecule has 0 amide bonds. The number of anilines is 1. The van der Waals surface area contributed by atoms with Crippen LogP contribution in [0.15, 0.2) is 18.5 Å². The Morgan fingerprint density at radius 1 is 1.15 bits per heavy atom. The molecular formula is C16H29N3O. The lowest BCUT2D eigenvalue weighted by Gasteiger charge is -2.36. The van der Waals surface area contributed by atoms with Crippen molar-refractivity contribution in [3.63, 3.8) is 0 Å². The number of hydrogen-bond donors (Lipinski definition) is 0. The minimum absolute atomic E-state index is 0.863. The van der Waals surface area contributed by atoms with E-state index in [1.807, 2.05) is 26.2 Å². The van der Waals surface area contributed by atoms with Crippen molar-refractivity contribution in [3.8, 4) is 0 Å². The summed E-state index contributed by atoms with van der Waals surface area (Å²) in [5.74, 6) is 0. The highest BCUT2D eigenvalue weighted by atomic mass is 16.5. The van der Waals surface area contributed by atoms with Gasteiger partial charge >= 0.3 is 0 Å². The van der Waals surface area contributed by atoms with Gasteiger partial charge in [-0.05, 0) is 25.0 Å². The van der Waals surface area contributed by atoms with Crippen LogP contribution >= 0.6 is 0 Å². The molecule has 2 rings (SSSR count). The minimum Gasteiger partial charge on any atom is -0.385 e. The highest BCUT2D eigenvalue weighted by Gasteiger charge is 2.16. The third-order valence-corrected chi connectivity index (χ3v) is 3.42. The van der Waals surface area contributed by atoms with E-state index in [-0.39, 0.29) is 0 Å². The summed E-state index contributed by atoms with van der Waals surface area (Å²) < 4.78 is 5.09. The lowest BCUT2D eigenvalue weighted by atomic mass is 10.2. The zero-order valence-electron chi connectivity index (χ0n) is 13.4. The number of aromatic nitrogens is 1. The number of pyridine rings is 1. The molecule has 114 valence electrons. The van der Waals surface area contributed by atoms with E-state index in [0.717, 1.165) is 45.8 Å². The van der Waals surface area contributed by atoms with Crippen molar-refractivity contribution in [1.82, 2.24) is 9.88 Å². The average Bonchev–Trinajstić information content (AvgIpc) is 2.50. The van der Waals surface area contributed by atoms with Crippen LogP contribution in [0.5, 0.6) is 0 Å². The number of aryl methyl sites for hydroxylation is 1. The van der Waals surface area contributed by atoms with Crippen LogP contribution in [-0.4, -0.2) is 56.3 Å². The zero-order chi connectivity index (χ0) is 14.8. The van der Waals surface area contributed by atoms with E-state index in [2.05, 4.69) is 27.8 Å². The van der Waals surface area contributed by atoms with Crippen LogP contribution in [0.1, 0.15) is 25.8 Å². The van der Waals surface area contributed by atoms with E-state index in [0.29, 0.717) is 0 Å². The van der Waals surface area contributed by atoms with Gasteiger partial charge in [0.25, 0.3) is 0 Å². The summed E-state index contributed by atoms with van der Waals surface area (Å²) in [6, 6.07) is 2.22. The fourth-order valence-electron chi connectivity index (χ4n) is 2.37. The minimum atomic E-state index is 0.863. The number of rotatable bonds is 5. The van der Waals surface area contributed by atoms with Crippen LogP contribution < -0.4 is 4.90 Å². The maximum atomic E-state index is 5.09. The van der Waals surface area contributed by atoms with Crippen LogP contribution in [0.4, 0.5) is 5.69 Å². The summed E-state index contributed by atoms with van der Waals surface area (Å²) in [6.07, 6.45) is 5.00. The predicted octanol–water partition coefficient (Wildman–Crippen LogP) is 2.57. The first kappa shape index (κ1) is 16.9. The van der Waals surface area contributed by atoms with Gasteiger partial charge < -0.3 is 9.64 Å². The molecule has 0 spiro atoms. The Bertz CT molecular complexity index is 362. The molecule has 0 N–H and O–H groups in total. The number of hydrogen-bond acceptors (Lipinski definition) is 4. The van der Waals surface area contributed by atoms with Crippen LogP contribution in [0.25, 0.3) is 0 Å². The van der Waals surface area contributed by atoms with E-state index >= 15 is 0 Å². The van der Waals surface area contributed by atoms with Gasteiger partial charge in [0.05, 0.1) is 11.9 Å². The molecule has 1 saturated heterocycles. The van der Waals surface area contributed by atoms with E-state index in [4.69, 9.17) is 4.74 Å². The van der Waals surface area contributed by atoms with Gasteiger partial charge in [0, 0.05) is 52.6 Å². The first-order valence-electron chi connectivity index (χ1n) is 7.67. The Balaban J connectivity index is 0.000000956. The van der Waals surface area contributed by atoms with Crippen molar-refractivity contribution in [3.05, 3.63) is 24.0 Å². The summed E-state index contributed by atoms with van der Waals surface area (Å²) in [7, 11) is 1.77. The molecule has 4 nitrogen and oxygen atoms in total. The van der Waals surface area contributed by atoms with E-state index in [1.165, 1.54) is 11.3 Å². The summed E-state index contributed by atoms with van der Waals surface area (Å²) in [5, 5.41) is 0. The topological polar surface area (TPSA) is 28.6 Å². The quantitative estimate of drug-likeness (QED) is 0.775. The van der Waals surface area contributed by atoms with Crippen molar-refractivity contribution in [2.45, 2.75) is 27.2 Å². The Hall–Kier alpha value is -1.13. The fourth-order valence-corrected chi connectivity index (χ4v) is 2.37. The molecule has 1 aliphatic heterocycles. The average molecular weight is 279 g/mol.